The van der Waals surface area contributed by atoms with Crippen LogP contribution in [0.3, 0.4) is 0 Å². The highest BCUT2D eigenvalue weighted by Crippen LogP contribution is 2.44. The van der Waals surface area contributed by atoms with E-state index >= 15 is 0 Å². The highest BCUT2D eigenvalue weighted by molar-refractivity contribution is 5.72. The van der Waals surface area contributed by atoms with E-state index in [0.29, 0.717) is 6.54 Å². The molecular formula is C19H29N3O2. The fourth-order valence-corrected chi connectivity index (χ4v) is 3.57. The van der Waals surface area contributed by atoms with Gasteiger partial charge in [0.15, 0.2) is 0 Å². The summed E-state index contributed by atoms with van der Waals surface area (Å²) in [6, 6.07) is 8.11. The summed E-state index contributed by atoms with van der Waals surface area (Å²) in [4.78, 5) is 17.0. The third kappa shape index (κ3) is 4.28. The van der Waals surface area contributed by atoms with E-state index in [2.05, 4.69) is 15.9 Å². The molecule has 0 bridgehead atoms. The van der Waals surface area contributed by atoms with E-state index in [-0.39, 0.29) is 11.5 Å². The van der Waals surface area contributed by atoms with Gasteiger partial charge >= 0.3 is 5.97 Å². The molecule has 1 aliphatic heterocycles. The van der Waals surface area contributed by atoms with Gasteiger partial charge in [-0.25, -0.2) is 0 Å². The molecule has 0 aromatic heterocycles. The number of hydrogen-bond acceptors (Lipinski definition) is 5. The van der Waals surface area contributed by atoms with Crippen molar-refractivity contribution in [2.24, 2.45) is 0 Å². The molecule has 3 rings (SSSR count). The summed E-state index contributed by atoms with van der Waals surface area (Å²) in [6.45, 7) is 9.99. The monoisotopic (exact) mass is 331 g/mol. The van der Waals surface area contributed by atoms with Crippen molar-refractivity contribution in [3.63, 3.8) is 0 Å². The van der Waals surface area contributed by atoms with Crippen LogP contribution in [0.4, 0.5) is 5.69 Å². The Morgan fingerprint density at radius 3 is 2.67 bits per heavy atom. The van der Waals surface area contributed by atoms with Crippen LogP contribution in [0, 0.1) is 0 Å². The summed E-state index contributed by atoms with van der Waals surface area (Å²) >= 11 is 0. The van der Waals surface area contributed by atoms with E-state index in [1.165, 1.54) is 18.4 Å². The van der Waals surface area contributed by atoms with E-state index in [4.69, 9.17) is 10.5 Å². The van der Waals surface area contributed by atoms with Crippen LogP contribution < -0.4 is 5.73 Å². The number of esters is 1. The van der Waals surface area contributed by atoms with Crippen LogP contribution in [0.1, 0.15) is 39.2 Å². The Kier molecular flexibility index (Phi) is 4.58. The van der Waals surface area contributed by atoms with Crippen molar-refractivity contribution in [2.45, 2.75) is 51.3 Å². The molecule has 5 nitrogen and oxygen atoms in total. The van der Waals surface area contributed by atoms with Crippen LogP contribution in [0.25, 0.3) is 0 Å². The van der Waals surface area contributed by atoms with Crippen LogP contribution in [-0.2, 0) is 16.1 Å². The number of ether oxygens (including phenoxy) is 1. The predicted octanol–water partition coefficient (Wildman–Crippen LogP) is 2.26. The highest BCUT2D eigenvalue weighted by Gasteiger charge is 2.51. The molecule has 0 atom stereocenters. The second-order valence-corrected chi connectivity index (χ2v) is 8.19. The minimum absolute atomic E-state index is 0.113. The summed E-state index contributed by atoms with van der Waals surface area (Å²) in [5.74, 6) is -0.113. The number of hydrogen-bond donors (Lipinski definition) is 1. The van der Waals surface area contributed by atoms with Crippen molar-refractivity contribution in [1.29, 1.82) is 0 Å². The molecule has 1 spiro atoms. The van der Waals surface area contributed by atoms with Gasteiger partial charge in [0.2, 0.25) is 0 Å². The minimum Gasteiger partial charge on any atom is -0.459 e. The summed E-state index contributed by atoms with van der Waals surface area (Å²) < 4.78 is 5.49. The van der Waals surface area contributed by atoms with Crippen molar-refractivity contribution >= 4 is 11.7 Å². The van der Waals surface area contributed by atoms with Gasteiger partial charge in [-0.05, 0) is 51.3 Å². The number of carbonyl (C=O) groups excluding carboxylic acids is 1. The number of rotatable bonds is 4. The van der Waals surface area contributed by atoms with Gasteiger partial charge in [-0.3, -0.25) is 14.6 Å². The van der Waals surface area contributed by atoms with E-state index in [1.54, 1.807) is 0 Å². The first kappa shape index (κ1) is 17.2. The normalized spacial score (nSPS) is 21.0. The lowest BCUT2D eigenvalue weighted by atomic mass is 10.1. The minimum atomic E-state index is -0.414. The number of nitrogen functional groups attached to an aromatic ring is 1. The van der Waals surface area contributed by atoms with Gasteiger partial charge in [0, 0.05) is 37.4 Å². The third-order valence-corrected chi connectivity index (χ3v) is 4.80. The molecule has 1 aliphatic carbocycles. The lowest BCUT2D eigenvalue weighted by Gasteiger charge is -2.42. The maximum Gasteiger partial charge on any atom is 0.320 e. The topological polar surface area (TPSA) is 58.8 Å². The maximum atomic E-state index is 12.2. The third-order valence-electron chi connectivity index (χ3n) is 4.80. The van der Waals surface area contributed by atoms with Crippen LogP contribution in [0.15, 0.2) is 24.3 Å². The molecule has 2 fully saturated rings. The second kappa shape index (κ2) is 6.37. The van der Waals surface area contributed by atoms with Gasteiger partial charge in [-0.2, -0.15) is 0 Å². The predicted molar refractivity (Wildman–Crippen MR) is 95.5 cm³/mol. The Morgan fingerprint density at radius 2 is 2.04 bits per heavy atom. The smallest absolute Gasteiger partial charge is 0.320 e. The van der Waals surface area contributed by atoms with Crippen molar-refractivity contribution in [3.05, 3.63) is 29.8 Å². The van der Waals surface area contributed by atoms with E-state index in [1.807, 2.05) is 39.0 Å². The molecule has 0 radical (unpaired) electrons. The van der Waals surface area contributed by atoms with Gasteiger partial charge in [0.05, 0.1) is 6.54 Å². The summed E-state index contributed by atoms with van der Waals surface area (Å²) in [5.41, 5.74) is 7.71. The van der Waals surface area contributed by atoms with Crippen LogP contribution in [0.5, 0.6) is 0 Å². The van der Waals surface area contributed by atoms with Gasteiger partial charge in [0.1, 0.15) is 5.60 Å². The van der Waals surface area contributed by atoms with E-state index in [0.717, 1.165) is 31.9 Å². The highest BCUT2D eigenvalue weighted by atomic mass is 16.6. The lowest BCUT2D eigenvalue weighted by molar-refractivity contribution is -0.157. The first-order chi connectivity index (χ1) is 11.3. The average molecular weight is 331 g/mol. The Hall–Kier alpha value is -1.59. The van der Waals surface area contributed by atoms with Gasteiger partial charge in [-0.1, -0.05) is 12.1 Å². The van der Waals surface area contributed by atoms with Gasteiger partial charge in [-0.15, -0.1) is 0 Å². The summed E-state index contributed by atoms with van der Waals surface area (Å²) in [6.07, 6.45) is 2.34. The lowest BCUT2D eigenvalue weighted by Crippen LogP contribution is -2.56. The maximum absolute atomic E-state index is 12.2. The molecule has 1 aromatic carbocycles. The molecule has 2 aliphatic rings. The quantitative estimate of drug-likeness (QED) is 0.677. The Bertz CT molecular complexity index is 605. The van der Waals surface area contributed by atoms with Crippen LogP contribution in [0.2, 0.25) is 0 Å². The largest absolute Gasteiger partial charge is 0.459 e. The van der Waals surface area contributed by atoms with E-state index < -0.39 is 5.60 Å². The number of nitrogens with zero attached hydrogens (tertiary/aromatic N) is 2. The molecule has 132 valence electrons. The first-order valence-electron chi connectivity index (χ1n) is 8.79. The number of piperazine rings is 1. The van der Waals surface area contributed by atoms with Crippen molar-refractivity contribution in [1.82, 2.24) is 9.80 Å². The van der Waals surface area contributed by atoms with Gasteiger partial charge in [0.25, 0.3) is 0 Å². The van der Waals surface area contributed by atoms with Crippen molar-refractivity contribution in [2.75, 3.05) is 31.9 Å². The SMILES string of the molecule is CC(C)(C)OC(=O)CN1CCN(Cc2cccc(N)c2)CC12CC2. The van der Waals surface area contributed by atoms with E-state index in [9.17, 15) is 4.79 Å². The number of nitrogens with two attached hydrogens (primary N) is 1. The summed E-state index contributed by atoms with van der Waals surface area (Å²) in [7, 11) is 0. The Balaban J connectivity index is 1.57. The number of anilines is 1. The number of benzene rings is 1. The zero-order valence-electron chi connectivity index (χ0n) is 15.0. The second-order valence-electron chi connectivity index (χ2n) is 8.19. The fraction of sp³-hybridized carbons (Fsp3) is 0.632. The molecule has 5 heteroatoms. The molecule has 1 heterocycles. The van der Waals surface area contributed by atoms with Crippen LogP contribution in [-0.4, -0.2) is 53.1 Å². The van der Waals surface area contributed by atoms with Crippen molar-refractivity contribution < 1.29 is 9.53 Å². The molecular weight excluding hydrogens is 302 g/mol. The standard InChI is InChI=1S/C19H29N3O2/c1-18(2,3)24-17(23)13-22-10-9-21(14-19(22)7-8-19)12-15-5-4-6-16(20)11-15/h4-6,11H,7-10,12-14,20H2,1-3H3. The molecule has 1 saturated heterocycles. The average Bonchev–Trinajstić information content (AvgIpc) is 3.20. The number of carbonyl (C=O) groups is 1. The Morgan fingerprint density at radius 1 is 1.29 bits per heavy atom. The van der Waals surface area contributed by atoms with Gasteiger partial charge < -0.3 is 10.5 Å². The molecule has 1 aromatic rings. The molecule has 0 unspecified atom stereocenters. The molecule has 24 heavy (non-hydrogen) atoms. The van der Waals surface area contributed by atoms with Crippen molar-refractivity contribution in [3.8, 4) is 0 Å². The first-order valence-corrected chi connectivity index (χ1v) is 8.79. The molecule has 0 amide bonds. The fourth-order valence-electron chi connectivity index (χ4n) is 3.57. The Labute approximate surface area is 144 Å². The zero-order valence-corrected chi connectivity index (χ0v) is 15.0. The zero-order chi connectivity index (χ0) is 17.4. The van der Waals surface area contributed by atoms with Crippen LogP contribution >= 0.6 is 0 Å². The summed E-state index contributed by atoms with van der Waals surface area (Å²) in [5, 5.41) is 0. The molecule has 2 N–H and O–H groups in total. The molecule has 1 saturated carbocycles.